The van der Waals surface area contributed by atoms with Crippen LogP contribution in [-0.2, 0) is 17.9 Å². The number of halogens is 1. The second-order valence-electron chi connectivity index (χ2n) is 7.52. The summed E-state index contributed by atoms with van der Waals surface area (Å²) in [6.45, 7) is 2.56. The molecule has 168 valence electrons. The third-order valence-electron chi connectivity index (χ3n) is 5.26. The van der Waals surface area contributed by atoms with Crippen molar-refractivity contribution < 1.29 is 19.1 Å². The molecule has 0 radical (unpaired) electrons. The highest BCUT2D eigenvalue weighted by molar-refractivity contribution is 8.18. The van der Waals surface area contributed by atoms with E-state index >= 15 is 0 Å². The number of rotatable bonds is 7. The Hall–Kier alpha value is -3.22. The van der Waals surface area contributed by atoms with Crippen molar-refractivity contribution in [3.8, 4) is 11.5 Å². The molecule has 0 N–H and O–H groups in total. The predicted octanol–water partition coefficient (Wildman–Crippen LogP) is 6.47. The van der Waals surface area contributed by atoms with Crippen LogP contribution in [0.4, 0.5) is 4.79 Å². The number of benzene rings is 3. The first kappa shape index (κ1) is 23.0. The van der Waals surface area contributed by atoms with Gasteiger partial charge in [-0.3, -0.25) is 14.5 Å². The Morgan fingerprint density at radius 1 is 1.00 bits per heavy atom. The maximum atomic E-state index is 12.9. The van der Waals surface area contributed by atoms with Crippen molar-refractivity contribution in [2.45, 2.75) is 20.1 Å². The van der Waals surface area contributed by atoms with Crippen molar-refractivity contribution in [1.82, 2.24) is 4.90 Å². The molecule has 0 saturated carbocycles. The number of carbonyl (C=O) groups is 2. The van der Waals surface area contributed by atoms with Gasteiger partial charge in [0, 0.05) is 5.02 Å². The standard InChI is InChI=1S/C26H22ClNO4S/c1-17-5-3-4-6-20(17)15-28-25(29)24(33-26(28)30)14-19-9-12-22(31-2)23(13-19)32-16-18-7-10-21(27)11-8-18/h3-14H,15-16H2,1-2H3/b24-14-. The third-order valence-corrected chi connectivity index (χ3v) is 6.42. The molecular weight excluding hydrogens is 458 g/mol. The van der Waals surface area contributed by atoms with Gasteiger partial charge in [0.1, 0.15) is 6.61 Å². The van der Waals surface area contributed by atoms with Gasteiger partial charge >= 0.3 is 0 Å². The van der Waals surface area contributed by atoms with E-state index in [4.69, 9.17) is 21.1 Å². The highest BCUT2D eigenvalue weighted by Crippen LogP contribution is 2.35. The van der Waals surface area contributed by atoms with E-state index in [9.17, 15) is 9.59 Å². The number of thioether (sulfide) groups is 1. The fraction of sp³-hybridized carbons (Fsp3) is 0.154. The van der Waals surface area contributed by atoms with E-state index in [1.54, 1.807) is 37.5 Å². The minimum atomic E-state index is -0.298. The van der Waals surface area contributed by atoms with Gasteiger partial charge in [-0.15, -0.1) is 0 Å². The van der Waals surface area contributed by atoms with Crippen LogP contribution >= 0.6 is 23.4 Å². The van der Waals surface area contributed by atoms with Crippen LogP contribution in [0.1, 0.15) is 22.3 Å². The number of methoxy groups -OCH3 is 1. The van der Waals surface area contributed by atoms with E-state index < -0.39 is 0 Å². The lowest BCUT2D eigenvalue weighted by molar-refractivity contribution is -0.123. The molecule has 1 heterocycles. The number of carbonyl (C=O) groups excluding carboxylic acids is 2. The zero-order chi connectivity index (χ0) is 23.4. The maximum Gasteiger partial charge on any atom is 0.293 e. The number of hydrogen-bond acceptors (Lipinski definition) is 5. The SMILES string of the molecule is COc1ccc(/C=C2\SC(=O)N(Cc3ccccc3C)C2=O)cc1OCc1ccc(Cl)cc1. The lowest BCUT2D eigenvalue weighted by Crippen LogP contribution is -2.27. The number of amides is 2. The van der Waals surface area contributed by atoms with Crippen LogP contribution in [0, 0.1) is 6.92 Å². The van der Waals surface area contributed by atoms with Gasteiger partial charge in [0.25, 0.3) is 11.1 Å². The zero-order valence-corrected chi connectivity index (χ0v) is 19.8. The second-order valence-corrected chi connectivity index (χ2v) is 8.95. The highest BCUT2D eigenvalue weighted by atomic mass is 35.5. The summed E-state index contributed by atoms with van der Waals surface area (Å²) in [5.74, 6) is 0.821. The Kier molecular flexibility index (Phi) is 7.06. The number of nitrogens with zero attached hydrogens (tertiary/aromatic N) is 1. The average molecular weight is 480 g/mol. The molecule has 4 rings (SSSR count). The Labute approximate surface area is 202 Å². The van der Waals surface area contributed by atoms with E-state index in [2.05, 4.69) is 0 Å². The minimum Gasteiger partial charge on any atom is -0.493 e. The fourth-order valence-corrected chi connectivity index (χ4v) is 4.35. The van der Waals surface area contributed by atoms with E-state index in [1.165, 1.54) is 4.90 Å². The zero-order valence-electron chi connectivity index (χ0n) is 18.2. The molecule has 1 aliphatic heterocycles. The molecule has 2 amide bonds. The number of aryl methyl sites for hydroxylation is 1. The van der Waals surface area contributed by atoms with Crippen molar-refractivity contribution in [3.05, 3.63) is 98.9 Å². The maximum absolute atomic E-state index is 12.9. The second kappa shape index (κ2) is 10.1. The summed E-state index contributed by atoms with van der Waals surface area (Å²) in [5.41, 5.74) is 3.69. The lowest BCUT2D eigenvalue weighted by atomic mass is 10.1. The molecule has 5 nitrogen and oxygen atoms in total. The van der Waals surface area contributed by atoms with E-state index in [1.807, 2.05) is 49.4 Å². The van der Waals surface area contributed by atoms with Gasteiger partial charge in [0.15, 0.2) is 11.5 Å². The van der Waals surface area contributed by atoms with Crippen LogP contribution in [-0.4, -0.2) is 23.2 Å². The van der Waals surface area contributed by atoms with Gasteiger partial charge in [-0.2, -0.15) is 0 Å². The molecule has 0 aromatic heterocycles. The van der Waals surface area contributed by atoms with Crippen molar-refractivity contribution in [1.29, 1.82) is 0 Å². The first-order valence-electron chi connectivity index (χ1n) is 10.3. The Morgan fingerprint density at radius 2 is 1.76 bits per heavy atom. The highest BCUT2D eigenvalue weighted by Gasteiger charge is 2.35. The van der Waals surface area contributed by atoms with Crippen LogP contribution < -0.4 is 9.47 Å². The van der Waals surface area contributed by atoms with Gasteiger partial charge in [-0.25, -0.2) is 0 Å². The van der Waals surface area contributed by atoms with E-state index in [0.29, 0.717) is 28.0 Å². The predicted molar refractivity (Wildman–Crippen MR) is 131 cm³/mol. The third kappa shape index (κ3) is 5.41. The van der Waals surface area contributed by atoms with E-state index in [-0.39, 0.29) is 17.7 Å². The molecule has 0 unspecified atom stereocenters. The smallest absolute Gasteiger partial charge is 0.293 e. The molecule has 1 fully saturated rings. The molecule has 0 atom stereocenters. The van der Waals surface area contributed by atoms with Crippen LogP contribution in [0.15, 0.2) is 71.6 Å². The van der Waals surface area contributed by atoms with Crippen molar-refractivity contribution in [2.24, 2.45) is 0 Å². The topological polar surface area (TPSA) is 55.8 Å². The Balaban J connectivity index is 1.52. The number of imide groups is 1. The Bertz CT molecular complexity index is 1220. The Morgan fingerprint density at radius 3 is 2.48 bits per heavy atom. The summed E-state index contributed by atoms with van der Waals surface area (Å²) in [7, 11) is 1.57. The van der Waals surface area contributed by atoms with Crippen LogP contribution in [0.25, 0.3) is 6.08 Å². The molecule has 1 aliphatic rings. The summed E-state index contributed by atoms with van der Waals surface area (Å²) in [6.07, 6.45) is 1.71. The average Bonchev–Trinajstić information content (AvgIpc) is 3.07. The molecule has 3 aromatic rings. The fourth-order valence-electron chi connectivity index (χ4n) is 3.38. The summed E-state index contributed by atoms with van der Waals surface area (Å²) in [5, 5.41) is 0.386. The molecule has 7 heteroatoms. The van der Waals surface area contributed by atoms with Gasteiger partial charge in [0.05, 0.1) is 18.6 Å². The van der Waals surface area contributed by atoms with Crippen molar-refractivity contribution in [3.63, 3.8) is 0 Å². The summed E-state index contributed by atoms with van der Waals surface area (Å²) >= 11 is 6.88. The minimum absolute atomic E-state index is 0.257. The molecule has 33 heavy (non-hydrogen) atoms. The quantitative estimate of drug-likeness (QED) is 0.363. The summed E-state index contributed by atoms with van der Waals surface area (Å²) < 4.78 is 11.4. The van der Waals surface area contributed by atoms with E-state index in [0.717, 1.165) is 34.0 Å². The van der Waals surface area contributed by atoms with Crippen molar-refractivity contribution >= 4 is 40.6 Å². The molecular formula is C26H22ClNO4S. The normalized spacial score (nSPS) is 14.8. The lowest BCUT2D eigenvalue weighted by Gasteiger charge is -2.14. The van der Waals surface area contributed by atoms with Gasteiger partial charge < -0.3 is 9.47 Å². The van der Waals surface area contributed by atoms with Gasteiger partial charge in [0.2, 0.25) is 0 Å². The first-order valence-corrected chi connectivity index (χ1v) is 11.5. The number of hydrogen-bond donors (Lipinski definition) is 0. The molecule has 0 bridgehead atoms. The van der Waals surface area contributed by atoms with Gasteiger partial charge in [-0.05, 0) is 71.3 Å². The summed E-state index contributed by atoms with van der Waals surface area (Å²) in [6, 6.07) is 20.5. The van der Waals surface area contributed by atoms with Crippen LogP contribution in [0.2, 0.25) is 5.02 Å². The largest absolute Gasteiger partial charge is 0.493 e. The van der Waals surface area contributed by atoms with Gasteiger partial charge in [-0.1, -0.05) is 54.1 Å². The van der Waals surface area contributed by atoms with Crippen molar-refractivity contribution in [2.75, 3.05) is 7.11 Å². The first-order chi connectivity index (χ1) is 15.9. The van der Waals surface area contributed by atoms with Crippen LogP contribution in [0.5, 0.6) is 11.5 Å². The molecule has 1 saturated heterocycles. The summed E-state index contributed by atoms with van der Waals surface area (Å²) in [4.78, 5) is 27.1. The molecule has 0 aliphatic carbocycles. The monoisotopic (exact) mass is 479 g/mol. The molecule has 3 aromatic carbocycles. The van der Waals surface area contributed by atoms with Crippen LogP contribution in [0.3, 0.4) is 0 Å². The number of ether oxygens (including phenoxy) is 2. The molecule has 0 spiro atoms.